The first-order chi connectivity index (χ1) is 10.1. The van der Waals surface area contributed by atoms with Crippen LogP contribution in [0.2, 0.25) is 0 Å². The van der Waals surface area contributed by atoms with Crippen LogP contribution >= 0.6 is 0 Å². The van der Waals surface area contributed by atoms with Crippen molar-refractivity contribution < 1.29 is 19.4 Å². The lowest BCUT2D eigenvalue weighted by molar-refractivity contribution is -0.154. The highest BCUT2D eigenvalue weighted by atomic mass is 16.5. The highest BCUT2D eigenvalue weighted by molar-refractivity contribution is 5.91. The molecule has 2 rings (SSSR count). The Kier molecular flexibility index (Phi) is 4.74. The van der Waals surface area contributed by atoms with Gasteiger partial charge in [0.1, 0.15) is 0 Å². The fourth-order valence-corrected chi connectivity index (χ4v) is 2.26. The van der Waals surface area contributed by atoms with Crippen molar-refractivity contribution in [2.75, 3.05) is 31.7 Å². The third-order valence-corrected chi connectivity index (χ3v) is 3.82. The molecule has 2 heterocycles. The number of ether oxygens (including phenoxy) is 1. The topological polar surface area (TPSA) is 91.8 Å². The lowest BCUT2D eigenvalue weighted by atomic mass is 9.80. The number of carbonyl (C=O) groups is 2. The lowest BCUT2D eigenvalue weighted by Crippen LogP contribution is -2.49. The van der Waals surface area contributed by atoms with E-state index in [0.717, 1.165) is 0 Å². The van der Waals surface area contributed by atoms with Crippen molar-refractivity contribution in [1.29, 1.82) is 0 Å². The van der Waals surface area contributed by atoms with Crippen LogP contribution in [-0.4, -0.2) is 48.9 Å². The van der Waals surface area contributed by atoms with Crippen LogP contribution in [0.5, 0.6) is 0 Å². The number of aromatic nitrogens is 1. The fourth-order valence-electron chi connectivity index (χ4n) is 2.26. The summed E-state index contributed by atoms with van der Waals surface area (Å²) in [5.41, 5.74) is -0.296. The number of urea groups is 1. The molecule has 1 aromatic rings. The molecule has 7 nitrogen and oxygen atoms in total. The molecule has 0 aliphatic carbocycles. The predicted molar refractivity (Wildman–Crippen MR) is 76.2 cm³/mol. The third-order valence-electron chi connectivity index (χ3n) is 3.82. The molecule has 0 radical (unpaired) electrons. The zero-order valence-corrected chi connectivity index (χ0v) is 11.9. The van der Waals surface area contributed by atoms with Gasteiger partial charge in [0.05, 0.1) is 17.3 Å². The van der Waals surface area contributed by atoms with Crippen LogP contribution in [0, 0.1) is 5.41 Å². The third kappa shape index (κ3) is 3.49. The number of nitrogens with one attached hydrogen (secondary N) is 1. The molecule has 7 heteroatoms. The summed E-state index contributed by atoms with van der Waals surface area (Å²) in [6, 6.07) is 3.14. The molecular weight excluding hydrogens is 274 g/mol. The zero-order chi connectivity index (χ0) is 15.3. The van der Waals surface area contributed by atoms with E-state index in [2.05, 4.69) is 10.3 Å². The van der Waals surface area contributed by atoms with E-state index in [-0.39, 0.29) is 12.6 Å². The Balaban J connectivity index is 1.97. The average Bonchev–Trinajstić information content (AvgIpc) is 2.53. The molecule has 1 aromatic heterocycles. The molecule has 2 amide bonds. The second-order valence-corrected chi connectivity index (χ2v) is 5.13. The van der Waals surface area contributed by atoms with Gasteiger partial charge in [0, 0.05) is 33.0 Å². The molecule has 21 heavy (non-hydrogen) atoms. The Morgan fingerprint density at radius 1 is 1.48 bits per heavy atom. The van der Waals surface area contributed by atoms with Gasteiger partial charge in [-0.15, -0.1) is 0 Å². The first kappa shape index (κ1) is 15.2. The number of carboxylic acids is 1. The van der Waals surface area contributed by atoms with Crippen LogP contribution in [0.3, 0.4) is 0 Å². The van der Waals surface area contributed by atoms with Crippen molar-refractivity contribution in [2.24, 2.45) is 5.41 Å². The van der Waals surface area contributed by atoms with Gasteiger partial charge in [0.25, 0.3) is 0 Å². The zero-order valence-electron chi connectivity index (χ0n) is 11.9. The van der Waals surface area contributed by atoms with Crippen molar-refractivity contribution >= 4 is 17.7 Å². The summed E-state index contributed by atoms with van der Waals surface area (Å²) in [6.07, 6.45) is 4.00. The number of nitrogens with zero attached hydrogens (tertiary/aromatic N) is 2. The van der Waals surface area contributed by atoms with E-state index in [9.17, 15) is 14.7 Å². The Hall–Kier alpha value is -2.15. The first-order valence-electron chi connectivity index (χ1n) is 6.78. The lowest BCUT2D eigenvalue weighted by Gasteiger charge is -2.33. The van der Waals surface area contributed by atoms with Gasteiger partial charge < -0.3 is 15.2 Å². The van der Waals surface area contributed by atoms with Gasteiger partial charge in [0.2, 0.25) is 0 Å². The largest absolute Gasteiger partial charge is 0.481 e. The van der Waals surface area contributed by atoms with E-state index < -0.39 is 11.4 Å². The molecule has 1 saturated heterocycles. The van der Waals surface area contributed by atoms with E-state index in [1.165, 1.54) is 4.90 Å². The van der Waals surface area contributed by atoms with E-state index >= 15 is 0 Å². The molecule has 114 valence electrons. The SMILES string of the molecule is CN(C(=O)NCC1(C(=O)O)CCOCC1)c1cccnc1. The highest BCUT2D eigenvalue weighted by Crippen LogP contribution is 2.30. The van der Waals surface area contributed by atoms with Gasteiger partial charge in [-0.1, -0.05) is 0 Å². The summed E-state index contributed by atoms with van der Waals surface area (Å²) in [6.45, 7) is 0.899. The molecule has 0 aromatic carbocycles. The van der Waals surface area contributed by atoms with Gasteiger partial charge in [-0.3, -0.25) is 14.7 Å². The highest BCUT2D eigenvalue weighted by Gasteiger charge is 2.40. The Morgan fingerprint density at radius 2 is 2.19 bits per heavy atom. The molecule has 0 spiro atoms. The number of aliphatic carboxylic acids is 1. The summed E-state index contributed by atoms with van der Waals surface area (Å²) in [4.78, 5) is 29.0. The van der Waals surface area contributed by atoms with Gasteiger partial charge >= 0.3 is 12.0 Å². The van der Waals surface area contributed by atoms with Crippen LogP contribution in [0.25, 0.3) is 0 Å². The fraction of sp³-hybridized carbons (Fsp3) is 0.500. The summed E-state index contributed by atoms with van der Waals surface area (Å²) in [5.74, 6) is -0.893. The Bertz CT molecular complexity index is 500. The number of anilines is 1. The molecule has 2 N–H and O–H groups in total. The van der Waals surface area contributed by atoms with Crippen LogP contribution in [0.15, 0.2) is 24.5 Å². The van der Waals surface area contributed by atoms with Crippen molar-refractivity contribution in [1.82, 2.24) is 10.3 Å². The van der Waals surface area contributed by atoms with Crippen molar-refractivity contribution in [3.63, 3.8) is 0 Å². The minimum Gasteiger partial charge on any atom is -0.481 e. The molecule has 0 atom stereocenters. The number of pyridine rings is 1. The van der Waals surface area contributed by atoms with E-state index in [0.29, 0.717) is 31.7 Å². The van der Waals surface area contributed by atoms with Crippen molar-refractivity contribution in [3.8, 4) is 0 Å². The molecule has 0 bridgehead atoms. The van der Waals surface area contributed by atoms with E-state index in [4.69, 9.17) is 4.74 Å². The summed E-state index contributed by atoms with van der Waals surface area (Å²) >= 11 is 0. The second-order valence-electron chi connectivity index (χ2n) is 5.13. The summed E-state index contributed by atoms with van der Waals surface area (Å²) in [5, 5.41) is 12.1. The quantitative estimate of drug-likeness (QED) is 0.867. The van der Waals surface area contributed by atoms with E-state index in [1.54, 1.807) is 31.6 Å². The van der Waals surface area contributed by atoms with Crippen LogP contribution in [-0.2, 0) is 9.53 Å². The molecule has 0 unspecified atom stereocenters. The predicted octanol–water partition coefficient (Wildman–Crippen LogP) is 1.11. The molecule has 1 fully saturated rings. The first-order valence-corrected chi connectivity index (χ1v) is 6.78. The number of carboxylic acid groups (broad SMARTS) is 1. The second kappa shape index (κ2) is 6.53. The Morgan fingerprint density at radius 3 is 2.76 bits per heavy atom. The summed E-state index contributed by atoms with van der Waals surface area (Å²) < 4.78 is 5.20. The van der Waals surface area contributed by atoms with Crippen LogP contribution < -0.4 is 10.2 Å². The maximum Gasteiger partial charge on any atom is 0.321 e. The maximum atomic E-state index is 12.1. The van der Waals surface area contributed by atoms with Gasteiger partial charge in [-0.05, 0) is 25.0 Å². The molecule has 0 saturated carbocycles. The van der Waals surface area contributed by atoms with Gasteiger partial charge in [-0.2, -0.15) is 0 Å². The number of hydrogen-bond acceptors (Lipinski definition) is 4. The number of hydrogen-bond donors (Lipinski definition) is 2. The maximum absolute atomic E-state index is 12.1. The van der Waals surface area contributed by atoms with E-state index in [1.807, 2.05) is 0 Å². The molecule has 1 aliphatic heterocycles. The van der Waals surface area contributed by atoms with Gasteiger partial charge in [0.15, 0.2) is 0 Å². The molecular formula is C14H19N3O4. The molecule has 1 aliphatic rings. The standard InChI is InChI=1S/C14H19N3O4/c1-17(11-3-2-6-15-9-11)13(20)16-10-14(12(18)19)4-7-21-8-5-14/h2-3,6,9H,4-5,7-8,10H2,1H3,(H,16,20)(H,18,19). The normalized spacial score (nSPS) is 17.0. The smallest absolute Gasteiger partial charge is 0.321 e. The average molecular weight is 293 g/mol. The number of carbonyl (C=O) groups excluding carboxylic acids is 1. The minimum atomic E-state index is -0.941. The number of rotatable bonds is 4. The van der Waals surface area contributed by atoms with Crippen LogP contribution in [0.4, 0.5) is 10.5 Å². The van der Waals surface area contributed by atoms with Crippen molar-refractivity contribution in [3.05, 3.63) is 24.5 Å². The monoisotopic (exact) mass is 293 g/mol. The minimum absolute atomic E-state index is 0.0924. The number of amides is 2. The van der Waals surface area contributed by atoms with Gasteiger partial charge in [-0.25, -0.2) is 4.79 Å². The summed E-state index contributed by atoms with van der Waals surface area (Å²) in [7, 11) is 1.61. The van der Waals surface area contributed by atoms with Crippen LogP contribution in [0.1, 0.15) is 12.8 Å². The van der Waals surface area contributed by atoms with Crippen molar-refractivity contribution in [2.45, 2.75) is 12.8 Å². The Labute approximate surface area is 122 Å².